The third-order valence-electron chi connectivity index (χ3n) is 3.56. The van der Waals surface area contributed by atoms with Crippen LogP contribution in [-0.4, -0.2) is 23.4 Å². The highest BCUT2D eigenvalue weighted by molar-refractivity contribution is 6.35. The quantitative estimate of drug-likeness (QED) is 0.645. The van der Waals surface area contributed by atoms with E-state index in [4.69, 9.17) is 20.8 Å². The van der Waals surface area contributed by atoms with Crippen LogP contribution >= 0.6 is 11.6 Å². The molecule has 0 N–H and O–H groups in total. The second-order valence-corrected chi connectivity index (χ2v) is 5.03. The van der Waals surface area contributed by atoms with E-state index in [9.17, 15) is 9.59 Å². The molecule has 6 heteroatoms. The fourth-order valence-electron chi connectivity index (χ4n) is 2.61. The van der Waals surface area contributed by atoms with Crippen molar-refractivity contribution in [3.8, 4) is 0 Å². The van der Waals surface area contributed by atoms with Gasteiger partial charge >= 0.3 is 5.97 Å². The van der Waals surface area contributed by atoms with Crippen molar-refractivity contribution in [2.45, 2.75) is 18.9 Å². The molecule has 0 spiro atoms. The van der Waals surface area contributed by atoms with Crippen molar-refractivity contribution in [1.82, 2.24) is 4.57 Å². The van der Waals surface area contributed by atoms with Gasteiger partial charge in [0.05, 0.1) is 29.9 Å². The van der Waals surface area contributed by atoms with E-state index in [2.05, 4.69) is 0 Å². The summed E-state index contributed by atoms with van der Waals surface area (Å²) in [5.74, 6) is -0.871. The minimum atomic E-state index is -0.358. The summed E-state index contributed by atoms with van der Waals surface area (Å²) in [6.07, 6.45) is 3.43. The summed E-state index contributed by atoms with van der Waals surface area (Å²) in [5, 5.41) is 0.347. The number of methoxy groups -OCH3 is 1. The molecule has 20 heavy (non-hydrogen) atoms. The van der Waals surface area contributed by atoms with Gasteiger partial charge in [-0.15, -0.1) is 0 Å². The molecule has 0 amide bonds. The molecule has 0 saturated heterocycles. The SMILES string of the molecule is COC(=O)C1CCn2c1cc(Cl)c2C(=O)c1ccoc1. The summed E-state index contributed by atoms with van der Waals surface area (Å²) in [5.41, 5.74) is 1.57. The molecule has 0 fully saturated rings. The van der Waals surface area contributed by atoms with E-state index < -0.39 is 0 Å². The van der Waals surface area contributed by atoms with Gasteiger partial charge in [-0.05, 0) is 18.6 Å². The number of carbonyl (C=O) groups excluding carboxylic acids is 2. The number of ketones is 1. The molecule has 0 aliphatic carbocycles. The van der Waals surface area contributed by atoms with Crippen LogP contribution in [0.15, 0.2) is 29.1 Å². The normalized spacial score (nSPS) is 17.0. The minimum Gasteiger partial charge on any atom is -0.472 e. The molecule has 5 nitrogen and oxygen atoms in total. The molecule has 0 bridgehead atoms. The fraction of sp³-hybridized carbons (Fsp3) is 0.286. The average Bonchev–Trinajstić information content (AvgIpc) is 3.12. The molecule has 104 valence electrons. The maximum atomic E-state index is 12.4. The van der Waals surface area contributed by atoms with Gasteiger partial charge in [-0.1, -0.05) is 11.6 Å². The Morgan fingerprint density at radius 3 is 2.95 bits per heavy atom. The van der Waals surface area contributed by atoms with Gasteiger partial charge in [0.1, 0.15) is 12.0 Å². The first kappa shape index (κ1) is 13.0. The lowest BCUT2D eigenvalue weighted by Gasteiger charge is -2.06. The molecule has 1 aliphatic rings. The first-order valence-electron chi connectivity index (χ1n) is 6.17. The molecule has 0 aromatic carbocycles. The summed E-state index contributed by atoms with van der Waals surface area (Å²) >= 11 is 6.16. The number of carbonyl (C=O) groups is 2. The molecule has 3 rings (SSSR count). The number of nitrogens with zero attached hydrogens (tertiary/aromatic N) is 1. The third-order valence-corrected chi connectivity index (χ3v) is 3.85. The zero-order chi connectivity index (χ0) is 14.3. The molecule has 3 heterocycles. The number of halogens is 1. The average molecular weight is 294 g/mol. The number of hydrogen-bond donors (Lipinski definition) is 0. The maximum absolute atomic E-state index is 12.4. The smallest absolute Gasteiger partial charge is 0.314 e. The monoisotopic (exact) mass is 293 g/mol. The van der Waals surface area contributed by atoms with Crippen LogP contribution in [-0.2, 0) is 16.1 Å². The number of esters is 1. The Balaban J connectivity index is 2.03. The Hall–Kier alpha value is -2.01. The second kappa shape index (κ2) is 4.83. The van der Waals surface area contributed by atoms with Crippen LogP contribution in [0.5, 0.6) is 0 Å². The maximum Gasteiger partial charge on any atom is 0.314 e. The van der Waals surface area contributed by atoms with Crippen molar-refractivity contribution in [2.75, 3.05) is 7.11 Å². The van der Waals surface area contributed by atoms with Gasteiger partial charge in [0.25, 0.3) is 0 Å². The lowest BCUT2D eigenvalue weighted by Crippen LogP contribution is -2.11. The van der Waals surface area contributed by atoms with Gasteiger partial charge in [0, 0.05) is 12.2 Å². The van der Waals surface area contributed by atoms with Crippen LogP contribution < -0.4 is 0 Å². The minimum absolute atomic E-state index is 0.208. The first-order chi connectivity index (χ1) is 9.63. The van der Waals surface area contributed by atoms with Crippen molar-refractivity contribution >= 4 is 23.4 Å². The summed E-state index contributed by atoms with van der Waals surface area (Å²) in [6, 6.07) is 3.26. The van der Waals surface area contributed by atoms with Gasteiger partial charge in [-0.25, -0.2) is 0 Å². The van der Waals surface area contributed by atoms with Crippen LogP contribution in [0.4, 0.5) is 0 Å². The standard InChI is InChI=1S/C14H12ClNO4/c1-19-14(18)9-2-4-16-11(9)6-10(15)12(16)13(17)8-3-5-20-7-8/h3,5-7,9H,2,4H2,1H3. The van der Waals surface area contributed by atoms with Gasteiger partial charge in [0.2, 0.25) is 5.78 Å². The molecular formula is C14H12ClNO4. The van der Waals surface area contributed by atoms with Crippen LogP contribution in [0, 0.1) is 0 Å². The Bertz CT molecular complexity index is 672. The highest BCUT2D eigenvalue weighted by Crippen LogP contribution is 2.36. The van der Waals surface area contributed by atoms with Crippen molar-refractivity contribution in [2.24, 2.45) is 0 Å². The van der Waals surface area contributed by atoms with E-state index in [0.29, 0.717) is 29.2 Å². The topological polar surface area (TPSA) is 61.4 Å². The molecular weight excluding hydrogens is 282 g/mol. The van der Waals surface area contributed by atoms with Gasteiger partial charge in [-0.3, -0.25) is 9.59 Å². The Morgan fingerprint density at radius 2 is 2.30 bits per heavy atom. The first-order valence-corrected chi connectivity index (χ1v) is 6.55. The molecule has 1 unspecified atom stereocenters. The Labute approximate surface area is 120 Å². The number of furan rings is 1. The molecule has 1 aliphatic heterocycles. The lowest BCUT2D eigenvalue weighted by atomic mass is 10.1. The number of aromatic nitrogens is 1. The molecule has 0 radical (unpaired) electrons. The van der Waals surface area contributed by atoms with E-state index in [1.165, 1.54) is 19.6 Å². The van der Waals surface area contributed by atoms with Crippen molar-refractivity contribution in [3.05, 3.63) is 46.6 Å². The molecule has 2 aromatic rings. The molecule has 0 saturated carbocycles. The predicted octanol–water partition coefficient (Wildman–Crippen LogP) is 2.63. The number of ether oxygens (including phenoxy) is 1. The van der Waals surface area contributed by atoms with Gasteiger partial charge in [-0.2, -0.15) is 0 Å². The summed E-state index contributed by atoms with van der Waals surface area (Å²) in [6.45, 7) is 0.570. The summed E-state index contributed by atoms with van der Waals surface area (Å²) in [7, 11) is 1.35. The van der Waals surface area contributed by atoms with E-state index >= 15 is 0 Å². The van der Waals surface area contributed by atoms with Gasteiger partial charge in [0.15, 0.2) is 0 Å². The lowest BCUT2D eigenvalue weighted by molar-refractivity contribution is -0.142. The second-order valence-electron chi connectivity index (χ2n) is 4.62. The number of fused-ring (bicyclic) bond motifs is 1. The zero-order valence-electron chi connectivity index (χ0n) is 10.8. The number of hydrogen-bond acceptors (Lipinski definition) is 4. The largest absolute Gasteiger partial charge is 0.472 e. The van der Waals surface area contributed by atoms with E-state index in [1.807, 2.05) is 0 Å². The van der Waals surface area contributed by atoms with E-state index in [0.717, 1.165) is 5.69 Å². The van der Waals surface area contributed by atoms with Crippen molar-refractivity contribution < 1.29 is 18.7 Å². The Kier molecular flexibility index (Phi) is 3.14. The van der Waals surface area contributed by atoms with E-state index in [1.54, 1.807) is 16.7 Å². The van der Waals surface area contributed by atoms with Crippen molar-refractivity contribution in [3.63, 3.8) is 0 Å². The van der Waals surface area contributed by atoms with Crippen LogP contribution in [0.2, 0.25) is 5.02 Å². The van der Waals surface area contributed by atoms with E-state index in [-0.39, 0.29) is 17.7 Å². The summed E-state index contributed by atoms with van der Waals surface area (Å²) < 4.78 is 11.5. The van der Waals surface area contributed by atoms with Crippen molar-refractivity contribution in [1.29, 1.82) is 0 Å². The highest BCUT2D eigenvalue weighted by Gasteiger charge is 2.34. The molecule has 1 atom stereocenters. The molecule has 2 aromatic heterocycles. The van der Waals surface area contributed by atoms with Crippen LogP contribution in [0.25, 0.3) is 0 Å². The Morgan fingerprint density at radius 1 is 1.50 bits per heavy atom. The van der Waals surface area contributed by atoms with Gasteiger partial charge < -0.3 is 13.7 Å². The third kappa shape index (κ3) is 1.86. The van der Waals surface area contributed by atoms with Crippen LogP contribution in [0.3, 0.4) is 0 Å². The number of rotatable bonds is 3. The van der Waals surface area contributed by atoms with Crippen LogP contribution in [0.1, 0.15) is 34.1 Å². The fourth-order valence-corrected chi connectivity index (χ4v) is 2.91. The highest BCUT2D eigenvalue weighted by atomic mass is 35.5. The zero-order valence-corrected chi connectivity index (χ0v) is 11.5. The summed E-state index contributed by atoms with van der Waals surface area (Å²) in [4.78, 5) is 24.1. The predicted molar refractivity (Wildman–Crippen MR) is 71.0 cm³/mol.